The third-order valence-electron chi connectivity index (χ3n) is 2.89. The second-order valence-electron chi connectivity index (χ2n) is 3.97. The van der Waals surface area contributed by atoms with E-state index in [0.29, 0.717) is 6.54 Å². The molecular formula is C13H13N3O. The van der Waals surface area contributed by atoms with E-state index in [2.05, 4.69) is 16.2 Å². The summed E-state index contributed by atoms with van der Waals surface area (Å²) >= 11 is 0. The predicted octanol–water partition coefficient (Wildman–Crippen LogP) is 2.32. The number of aromatic nitrogens is 2. The molecule has 0 spiro atoms. The SMILES string of the molecule is NCCc1cnoc1-c1c[nH]c2ccccc12. The van der Waals surface area contributed by atoms with Crippen molar-refractivity contribution in [1.82, 2.24) is 10.1 Å². The minimum Gasteiger partial charge on any atom is -0.360 e. The first kappa shape index (κ1) is 10.1. The smallest absolute Gasteiger partial charge is 0.172 e. The highest BCUT2D eigenvalue weighted by Gasteiger charge is 2.13. The van der Waals surface area contributed by atoms with Crippen LogP contribution in [0.5, 0.6) is 0 Å². The van der Waals surface area contributed by atoms with E-state index < -0.39 is 0 Å². The lowest BCUT2D eigenvalue weighted by Gasteiger charge is -1.97. The van der Waals surface area contributed by atoms with E-state index >= 15 is 0 Å². The van der Waals surface area contributed by atoms with Crippen molar-refractivity contribution < 1.29 is 4.52 Å². The molecule has 0 atom stereocenters. The molecule has 0 fully saturated rings. The van der Waals surface area contributed by atoms with Crippen molar-refractivity contribution in [3.05, 3.63) is 42.2 Å². The summed E-state index contributed by atoms with van der Waals surface area (Å²) in [5.74, 6) is 0.813. The molecule has 86 valence electrons. The number of fused-ring (bicyclic) bond motifs is 1. The van der Waals surface area contributed by atoms with Gasteiger partial charge in [0, 0.05) is 28.2 Å². The lowest BCUT2D eigenvalue weighted by atomic mass is 10.1. The van der Waals surface area contributed by atoms with Gasteiger partial charge in [-0.15, -0.1) is 0 Å². The summed E-state index contributed by atoms with van der Waals surface area (Å²) in [5, 5.41) is 5.00. The molecule has 2 aromatic heterocycles. The van der Waals surface area contributed by atoms with Crippen molar-refractivity contribution in [2.24, 2.45) is 5.73 Å². The van der Waals surface area contributed by atoms with Crippen LogP contribution in [-0.4, -0.2) is 16.7 Å². The Morgan fingerprint density at radius 3 is 3.06 bits per heavy atom. The molecule has 0 bridgehead atoms. The number of aromatic amines is 1. The maximum atomic E-state index is 5.58. The molecule has 3 rings (SSSR count). The minimum atomic E-state index is 0.594. The zero-order valence-corrected chi connectivity index (χ0v) is 9.31. The van der Waals surface area contributed by atoms with E-state index in [0.717, 1.165) is 34.2 Å². The van der Waals surface area contributed by atoms with Gasteiger partial charge >= 0.3 is 0 Å². The van der Waals surface area contributed by atoms with Crippen molar-refractivity contribution >= 4 is 10.9 Å². The van der Waals surface area contributed by atoms with Gasteiger partial charge in [0.15, 0.2) is 5.76 Å². The first-order valence-electron chi connectivity index (χ1n) is 5.60. The van der Waals surface area contributed by atoms with E-state index in [1.165, 1.54) is 0 Å². The van der Waals surface area contributed by atoms with Crippen LogP contribution in [0.1, 0.15) is 5.56 Å². The number of nitrogens with one attached hydrogen (secondary N) is 1. The van der Waals surface area contributed by atoms with Gasteiger partial charge in [0.2, 0.25) is 0 Å². The van der Waals surface area contributed by atoms with Crippen LogP contribution in [0.4, 0.5) is 0 Å². The van der Waals surface area contributed by atoms with Gasteiger partial charge in [0.05, 0.1) is 6.20 Å². The Morgan fingerprint density at radius 2 is 2.18 bits per heavy atom. The highest BCUT2D eigenvalue weighted by atomic mass is 16.5. The molecule has 0 saturated heterocycles. The fourth-order valence-electron chi connectivity index (χ4n) is 2.08. The van der Waals surface area contributed by atoms with Gasteiger partial charge in [-0.1, -0.05) is 23.4 Å². The third kappa shape index (κ3) is 1.62. The Kier molecular flexibility index (Phi) is 2.42. The quantitative estimate of drug-likeness (QED) is 0.721. The van der Waals surface area contributed by atoms with Crippen LogP contribution in [0.15, 0.2) is 41.2 Å². The maximum absolute atomic E-state index is 5.58. The highest BCUT2D eigenvalue weighted by Crippen LogP contribution is 2.30. The molecule has 0 aliphatic heterocycles. The standard InChI is InChI=1S/C13H13N3O/c14-6-5-9-7-16-17-13(9)11-8-15-12-4-2-1-3-10(11)12/h1-4,7-8,15H,5-6,14H2. The molecule has 4 heteroatoms. The average Bonchev–Trinajstić information content (AvgIpc) is 2.95. The number of nitrogens with two attached hydrogens (primary N) is 1. The number of para-hydroxylation sites is 1. The van der Waals surface area contributed by atoms with E-state index in [4.69, 9.17) is 10.3 Å². The van der Waals surface area contributed by atoms with Crippen LogP contribution in [0.25, 0.3) is 22.2 Å². The number of hydrogen-bond donors (Lipinski definition) is 2. The number of benzene rings is 1. The number of H-pyrrole nitrogens is 1. The first-order valence-corrected chi connectivity index (χ1v) is 5.60. The number of hydrogen-bond acceptors (Lipinski definition) is 3. The molecule has 3 N–H and O–H groups in total. The highest BCUT2D eigenvalue weighted by molar-refractivity contribution is 5.94. The fourth-order valence-corrected chi connectivity index (χ4v) is 2.08. The molecule has 17 heavy (non-hydrogen) atoms. The topological polar surface area (TPSA) is 67.8 Å². The van der Waals surface area contributed by atoms with Gasteiger partial charge in [-0.3, -0.25) is 0 Å². The number of nitrogens with zero attached hydrogens (tertiary/aromatic N) is 1. The summed E-state index contributed by atoms with van der Waals surface area (Å²) in [7, 11) is 0. The largest absolute Gasteiger partial charge is 0.360 e. The van der Waals surface area contributed by atoms with E-state index in [1.807, 2.05) is 24.4 Å². The lowest BCUT2D eigenvalue weighted by molar-refractivity contribution is 0.432. The van der Waals surface area contributed by atoms with E-state index in [1.54, 1.807) is 6.20 Å². The molecular weight excluding hydrogens is 214 g/mol. The predicted molar refractivity (Wildman–Crippen MR) is 66.6 cm³/mol. The minimum absolute atomic E-state index is 0.594. The summed E-state index contributed by atoms with van der Waals surface area (Å²) in [6.07, 6.45) is 4.47. The number of rotatable bonds is 3. The summed E-state index contributed by atoms with van der Waals surface area (Å²) in [6.45, 7) is 0.594. The Bertz CT molecular complexity index is 639. The van der Waals surface area contributed by atoms with Crippen LogP contribution >= 0.6 is 0 Å². The van der Waals surface area contributed by atoms with E-state index in [-0.39, 0.29) is 0 Å². The van der Waals surface area contributed by atoms with Crippen LogP contribution in [0, 0.1) is 0 Å². The van der Waals surface area contributed by atoms with Crippen molar-refractivity contribution in [2.75, 3.05) is 6.54 Å². The van der Waals surface area contributed by atoms with E-state index in [9.17, 15) is 0 Å². The second-order valence-corrected chi connectivity index (χ2v) is 3.97. The van der Waals surface area contributed by atoms with Crippen LogP contribution in [-0.2, 0) is 6.42 Å². The third-order valence-corrected chi connectivity index (χ3v) is 2.89. The van der Waals surface area contributed by atoms with Gasteiger partial charge in [0.25, 0.3) is 0 Å². The Labute approximate surface area is 98.4 Å². The Morgan fingerprint density at radius 1 is 1.29 bits per heavy atom. The fraction of sp³-hybridized carbons (Fsp3) is 0.154. The second kappa shape index (κ2) is 4.07. The molecule has 0 saturated carbocycles. The lowest BCUT2D eigenvalue weighted by Crippen LogP contribution is -2.02. The monoisotopic (exact) mass is 227 g/mol. The molecule has 0 aliphatic rings. The van der Waals surface area contributed by atoms with Crippen molar-refractivity contribution in [3.8, 4) is 11.3 Å². The van der Waals surface area contributed by atoms with Crippen molar-refractivity contribution in [2.45, 2.75) is 6.42 Å². The van der Waals surface area contributed by atoms with Crippen molar-refractivity contribution in [1.29, 1.82) is 0 Å². The van der Waals surface area contributed by atoms with Crippen LogP contribution in [0.3, 0.4) is 0 Å². The zero-order chi connectivity index (χ0) is 11.7. The summed E-state index contributed by atoms with van der Waals surface area (Å²) in [4.78, 5) is 3.23. The maximum Gasteiger partial charge on any atom is 0.172 e. The molecule has 0 aliphatic carbocycles. The summed E-state index contributed by atoms with van der Waals surface area (Å²) in [6, 6.07) is 8.12. The zero-order valence-electron chi connectivity index (χ0n) is 9.31. The summed E-state index contributed by atoms with van der Waals surface area (Å²) in [5.41, 5.74) is 8.77. The van der Waals surface area contributed by atoms with Crippen LogP contribution < -0.4 is 5.73 Å². The van der Waals surface area contributed by atoms with Gasteiger partial charge in [-0.05, 0) is 19.0 Å². The Balaban J connectivity index is 2.17. The normalized spacial score (nSPS) is 11.1. The molecule has 1 aromatic carbocycles. The van der Waals surface area contributed by atoms with Crippen LogP contribution in [0.2, 0.25) is 0 Å². The van der Waals surface area contributed by atoms with Gasteiger partial charge in [-0.2, -0.15) is 0 Å². The molecule has 0 unspecified atom stereocenters. The summed E-state index contributed by atoms with van der Waals surface area (Å²) < 4.78 is 5.34. The van der Waals surface area contributed by atoms with Gasteiger partial charge < -0.3 is 15.2 Å². The average molecular weight is 227 g/mol. The van der Waals surface area contributed by atoms with Gasteiger partial charge in [0.1, 0.15) is 0 Å². The first-order chi connectivity index (χ1) is 8.40. The molecule has 0 amide bonds. The Hall–Kier alpha value is -2.07. The molecule has 3 aromatic rings. The molecule has 0 radical (unpaired) electrons. The van der Waals surface area contributed by atoms with Crippen molar-refractivity contribution in [3.63, 3.8) is 0 Å². The van der Waals surface area contributed by atoms with Gasteiger partial charge in [-0.25, -0.2) is 0 Å². The molecule has 4 nitrogen and oxygen atoms in total. The molecule has 2 heterocycles.